The number of halogens is 1. The van der Waals surface area contributed by atoms with Gasteiger partial charge in [0.2, 0.25) is 0 Å². The summed E-state index contributed by atoms with van der Waals surface area (Å²) in [4.78, 5) is 0. The van der Waals surface area contributed by atoms with Crippen molar-refractivity contribution in [1.82, 2.24) is 0 Å². The molecule has 0 spiro atoms. The highest BCUT2D eigenvalue weighted by Crippen LogP contribution is 2.38. The molecule has 0 aromatic carbocycles. The molecule has 6 nitrogen and oxygen atoms in total. The molecule has 0 saturated heterocycles. The van der Waals surface area contributed by atoms with Gasteiger partial charge in [-0.25, -0.2) is 0 Å². The van der Waals surface area contributed by atoms with Crippen LogP contribution in [-0.4, -0.2) is 82.9 Å². The Labute approximate surface area is 377 Å². The molecule has 0 aromatic heterocycles. The van der Waals surface area contributed by atoms with Gasteiger partial charge < -0.3 is 29.2 Å². The third kappa shape index (κ3) is 47.8. The van der Waals surface area contributed by atoms with Gasteiger partial charge in [-0.05, 0) is 36.0 Å². The predicted molar refractivity (Wildman–Crippen MR) is 268 cm³/mol. The van der Waals surface area contributed by atoms with E-state index in [0.717, 1.165) is 19.4 Å². The van der Waals surface area contributed by atoms with E-state index in [1.807, 2.05) is 0 Å². The van der Waals surface area contributed by atoms with Crippen molar-refractivity contribution in [2.24, 2.45) is 0 Å². The van der Waals surface area contributed by atoms with Crippen LogP contribution in [0, 0.1) is 0 Å². The maximum atomic E-state index is 10.1. The molecule has 0 bridgehead atoms. The van der Waals surface area contributed by atoms with Crippen LogP contribution >= 0.6 is 11.1 Å². The molecule has 0 aliphatic carbocycles. The van der Waals surface area contributed by atoms with Crippen LogP contribution in [0.4, 0.5) is 0 Å². The van der Waals surface area contributed by atoms with Gasteiger partial charge in [0.1, 0.15) is 6.10 Å². The molecule has 3 N–H and O–H groups in total. The highest BCUT2D eigenvalue weighted by atomic mass is 35.6. The van der Waals surface area contributed by atoms with Crippen molar-refractivity contribution in [2.45, 2.75) is 284 Å². The molecule has 360 valence electrons. The third-order valence-corrected chi connectivity index (χ3v) is 22.1. The van der Waals surface area contributed by atoms with Crippen LogP contribution in [0.2, 0.25) is 36.3 Å². The van der Waals surface area contributed by atoms with E-state index in [-0.39, 0.29) is 18.3 Å². The lowest BCUT2D eigenvalue weighted by atomic mass is 10.0. The Hall–Kier alpha value is 0.484. The first-order valence-corrected chi connectivity index (χ1v) is 32.1. The van der Waals surface area contributed by atoms with E-state index in [1.165, 1.54) is 167 Å². The Balaban J connectivity index is -0.000000917. The fourth-order valence-corrected chi connectivity index (χ4v) is 6.90. The Morgan fingerprint density at radius 3 is 0.915 bits per heavy atom. The minimum atomic E-state index is -1.77. The zero-order valence-electron chi connectivity index (χ0n) is 42.1. The van der Waals surface area contributed by atoms with Crippen molar-refractivity contribution in [2.75, 3.05) is 39.6 Å². The van der Waals surface area contributed by atoms with Gasteiger partial charge in [-0.3, -0.25) is 0 Å². The summed E-state index contributed by atoms with van der Waals surface area (Å²) in [7, 11) is -3.16. The average molecular weight is 898 g/mol. The maximum Gasteiger partial charge on any atom is 0.192 e. The van der Waals surface area contributed by atoms with E-state index in [9.17, 15) is 5.11 Å². The largest absolute Gasteiger partial charge is 0.414 e. The molecule has 0 radical (unpaired) electrons. The van der Waals surface area contributed by atoms with Crippen molar-refractivity contribution in [1.29, 1.82) is 0 Å². The minimum absolute atomic E-state index is 0.182. The van der Waals surface area contributed by atoms with Gasteiger partial charge in [-0.1, -0.05) is 235 Å². The quantitative estimate of drug-likeness (QED) is 0.0325. The number of ether oxygens (including phenoxy) is 2. The lowest BCUT2D eigenvalue weighted by molar-refractivity contribution is 0.00526. The normalized spacial score (nSPS) is 13.4. The standard InChI is InChI=1S/C25H54O3Si.C19H40O3.C6H15ClSi/c1-7-8-9-10-11-12-13-14-15-16-17-18-19-20-21-27-22-24(26)23-28-29(5,6)25(2,3)4;1-2-3-4-5-6-7-8-9-10-11-12-13-14-15-16-22-18-19(21)17-20;1-6(2,3)8(4,5)7/h24,26H,7-23H2,1-6H3;19-21H,2-18H2,1H3;1-5H3/t24-;19-;/m10./s1. The Kier molecular flexibility index (Phi) is 45.9. The number of rotatable bonds is 38. The molecule has 9 heteroatoms. The zero-order chi connectivity index (χ0) is 45.3. The number of unbranched alkanes of at least 4 members (excludes halogenated alkanes) is 26. The first kappa shape index (κ1) is 63.8. The molecule has 0 aliphatic rings. The van der Waals surface area contributed by atoms with Crippen LogP contribution in [-0.2, 0) is 13.9 Å². The summed E-state index contributed by atoms with van der Waals surface area (Å²) >= 11 is 6.15. The molecule has 59 heavy (non-hydrogen) atoms. The topological polar surface area (TPSA) is 88.4 Å². The zero-order valence-corrected chi connectivity index (χ0v) is 44.9. The Bertz CT molecular complexity index is 816. The summed E-state index contributed by atoms with van der Waals surface area (Å²) in [5, 5.41) is 28.3. The summed E-state index contributed by atoms with van der Waals surface area (Å²) in [6, 6.07) is 0. The van der Waals surface area contributed by atoms with Gasteiger partial charge in [-0.15, -0.1) is 0 Å². The number of aliphatic hydroxyl groups excluding tert-OH is 3. The summed E-state index contributed by atoms with van der Waals surface area (Å²) in [5.74, 6) is 0. The highest BCUT2D eigenvalue weighted by molar-refractivity contribution is 7.20. The summed E-state index contributed by atoms with van der Waals surface area (Å²) in [5.41, 5.74) is 0. The monoisotopic (exact) mass is 897 g/mol. The van der Waals surface area contributed by atoms with E-state index in [0.29, 0.717) is 24.9 Å². The molecular formula is C50H109ClO6Si2. The lowest BCUT2D eigenvalue weighted by Gasteiger charge is -2.36. The molecule has 0 saturated carbocycles. The van der Waals surface area contributed by atoms with Gasteiger partial charge >= 0.3 is 0 Å². The molecule has 2 atom stereocenters. The van der Waals surface area contributed by atoms with E-state index >= 15 is 0 Å². The first-order valence-electron chi connectivity index (χ1n) is 25.2. The summed E-state index contributed by atoms with van der Waals surface area (Å²) in [6.07, 6.45) is 37.0. The van der Waals surface area contributed by atoms with Crippen LogP contribution in [0.1, 0.15) is 235 Å². The molecule has 0 unspecified atom stereocenters. The van der Waals surface area contributed by atoms with Crippen LogP contribution in [0.5, 0.6) is 0 Å². The van der Waals surface area contributed by atoms with Crippen molar-refractivity contribution in [3.63, 3.8) is 0 Å². The minimum Gasteiger partial charge on any atom is -0.414 e. The number of hydrogen-bond acceptors (Lipinski definition) is 6. The molecule has 0 aliphatic heterocycles. The van der Waals surface area contributed by atoms with Gasteiger partial charge in [0.15, 0.2) is 15.7 Å². The second-order valence-electron chi connectivity index (χ2n) is 20.6. The van der Waals surface area contributed by atoms with Gasteiger partial charge in [0.25, 0.3) is 0 Å². The van der Waals surface area contributed by atoms with Crippen molar-refractivity contribution in [3.05, 3.63) is 0 Å². The molecule has 0 aromatic rings. The summed E-state index contributed by atoms with van der Waals surface area (Å²) in [6.45, 7) is 28.9. The van der Waals surface area contributed by atoms with Crippen molar-refractivity contribution < 1.29 is 29.2 Å². The predicted octanol–water partition coefficient (Wildman–Crippen LogP) is 15.9. The van der Waals surface area contributed by atoms with E-state index in [4.69, 9.17) is 35.2 Å². The molecular weight excluding hydrogens is 788 g/mol. The maximum absolute atomic E-state index is 10.1. The smallest absolute Gasteiger partial charge is 0.192 e. The Morgan fingerprint density at radius 2 is 0.678 bits per heavy atom. The SMILES string of the molecule is CC(C)(C)[Si](C)(C)Cl.CCCCCCCCCCCCCCCCOC[C@@H](O)CO.CCCCCCCCCCCCCCCCOC[C@@H](O)CO[Si](C)(C)C(C)(C)C. The van der Waals surface area contributed by atoms with Crippen molar-refractivity contribution in [3.8, 4) is 0 Å². The van der Waals surface area contributed by atoms with Gasteiger partial charge in [0, 0.05) is 13.2 Å². The van der Waals surface area contributed by atoms with Crippen molar-refractivity contribution >= 4 is 26.8 Å². The van der Waals surface area contributed by atoms with E-state index < -0.39 is 27.9 Å². The first-order chi connectivity index (χ1) is 27.8. The molecule has 0 rings (SSSR count). The van der Waals surface area contributed by atoms with Crippen LogP contribution in [0.15, 0.2) is 0 Å². The fourth-order valence-electron chi connectivity index (χ4n) is 5.86. The third-order valence-electron chi connectivity index (χ3n) is 12.3. The second-order valence-corrected chi connectivity index (χ2v) is 32.7. The second kappa shape index (κ2) is 42.4. The van der Waals surface area contributed by atoms with Gasteiger partial charge in [-0.2, -0.15) is 11.1 Å². The number of aliphatic hydroxyl groups is 3. The summed E-state index contributed by atoms with van der Waals surface area (Å²) < 4.78 is 17.0. The van der Waals surface area contributed by atoms with Crippen LogP contribution in [0.25, 0.3) is 0 Å². The molecule has 0 amide bonds. The lowest BCUT2D eigenvalue weighted by Crippen LogP contribution is -2.43. The number of hydrogen-bond donors (Lipinski definition) is 3. The van der Waals surface area contributed by atoms with E-state index in [2.05, 4.69) is 81.6 Å². The van der Waals surface area contributed by atoms with Gasteiger partial charge in [0.05, 0.1) is 32.5 Å². The highest BCUT2D eigenvalue weighted by Gasteiger charge is 2.37. The van der Waals surface area contributed by atoms with E-state index in [1.54, 1.807) is 0 Å². The van der Waals surface area contributed by atoms with Crippen LogP contribution in [0.3, 0.4) is 0 Å². The molecule has 0 heterocycles. The fraction of sp³-hybridized carbons (Fsp3) is 1.00. The Morgan fingerprint density at radius 1 is 0.424 bits per heavy atom. The molecule has 0 fully saturated rings. The average Bonchev–Trinajstić information content (AvgIpc) is 3.16. The van der Waals surface area contributed by atoms with Crippen LogP contribution < -0.4 is 0 Å².